The predicted octanol–water partition coefficient (Wildman–Crippen LogP) is 2.77. The van der Waals surface area contributed by atoms with Crippen LogP contribution in [0, 0.1) is 12.7 Å². The van der Waals surface area contributed by atoms with Crippen LogP contribution < -0.4 is 5.32 Å². The number of benzene rings is 2. The van der Waals surface area contributed by atoms with E-state index < -0.39 is 0 Å². The van der Waals surface area contributed by atoms with Gasteiger partial charge >= 0.3 is 0 Å². The molecule has 2 N–H and O–H groups in total. The molecule has 0 saturated carbocycles. The monoisotopic (exact) mass is 259 g/mol. The van der Waals surface area contributed by atoms with Gasteiger partial charge in [0, 0.05) is 12.1 Å². The summed E-state index contributed by atoms with van der Waals surface area (Å²) in [5, 5.41) is 11.9. The van der Waals surface area contributed by atoms with E-state index in [1.54, 1.807) is 31.2 Å². The number of amides is 1. The number of carbonyl (C=O) groups is 1. The van der Waals surface area contributed by atoms with Crippen molar-refractivity contribution in [1.29, 1.82) is 0 Å². The molecule has 3 nitrogen and oxygen atoms in total. The average molecular weight is 259 g/mol. The van der Waals surface area contributed by atoms with Crippen molar-refractivity contribution < 1.29 is 14.3 Å². The maximum atomic E-state index is 12.9. The Bertz CT molecular complexity index is 594. The molecule has 0 fully saturated rings. The Hall–Kier alpha value is -2.36. The maximum Gasteiger partial charge on any atom is 0.251 e. The van der Waals surface area contributed by atoms with E-state index >= 15 is 0 Å². The molecule has 0 unspecified atom stereocenters. The Morgan fingerprint density at radius 3 is 2.53 bits per heavy atom. The maximum absolute atomic E-state index is 12.9. The standard InChI is InChI=1S/C15H14FNO2/c1-10-8-12(16)4-7-14(10)15(19)17-9-11-2-5-13(18)6-3-11/h2-8,18H,9H2,1H3,(H,17,19). The predicted molar refractivity (Wildman–Crippen MR) is 70.4 cm³/mol. The lowest BCUT2D eigenvalue weighted by atomic mass is 10.1. The smallest absolute Gasteiger partial charge is 0.251 e. The van der Waals surface area contributed by atoms with Crippen LogP contribution in [0.1, 0.15) is 21.5 Å². The lowest BCUT2D eigenvalue weighted by molar-refractivity contribution is 0.0950. The quantitative estimate of drug-likeness (QED) is 0.890. The Morgan fingerprint density at radius 2 is 1.89 bits per heavy atom. The summed E-state index contributed by atoms with van der Waals surface area (Å²) < 4.78 is 12.9. The number of nitrogens with one attached hydrogen (secondary N) is 1. The number of phenolic OH excluding ortho intramolecular Hbond substituents is 1. The SMILES string of the molecule is Cc1cc(F)ccc1C(=O)NCc1ccc(O)cc1. The third kappa shape index (κ3) is 3.31. The molecule has 2 aromatic rings. The fourth-order valence-corrected chi connectivity index (χ4v) is 1.77. The van der Waals surface area contributed by atoms with Crippen molar-refractivity contribution in [3.8, 4) is 5.75 Å². The number of aromatic hydroxyl groups is 1. The molecular formula is C15H14FNO2. The van der Waals surface area contributed by atoms with Crippen LogP contribution in [0.5, 0.6) is 5.75 Å². The molecule has 2 rings (SSSR count). The highest BCUT2D eigenvalue weighted by Crippen LogP contribution is 2.12. The number of rotatable bonds is 3. The molecule has 0 saturated heterocycles. The summed E-state index contributed by atoms with van der Waals surface area (Å²) in [5.41, 5.74) is 1.94. The Balaban J connectivity index is 2.03. The third-order valence-electron chi connectivity index (χ3n) is 2.82. The second-order valence-electron chi connectivity index (χ2n) is 4.31. The van der Waals surface area contributed by atoms with Crippen molar-refractivity contribution in [2.75, 3.05) is 0 Å². The zero-order valence-corrected chi connectivity index (χ0v) is 10.5. The average Bonchev–Trinajstić information content (AvgIpc) is 2.37. The first-order valence-corrected chi connectivity index (χ1v) is 5.88. The van der Waals surface area contributed by atoms with Gasteiger partial charge in [-0.05, 0) is 48.4 Å². The second-order valence-corrected chi connectivity index (χ2v) is 4.31. The molecule has 4 heteroatoms. The molecule has 0 spiro atoms. The molecule has 19 heavy (non-hydrogen) atoms. The Kier molecular flexibility index (Phi) is 3.80. The van der Waals surface area contributed by atoms with Crippen LogP contribution >= 0.6 is 0 Å². The van der Waals surface area contributed by atoms with Crippen LogP contribution in [0.25, 0.3) is 0 Å². The first-order chi connectivity index (χ1) is 9.06. The van der Waals surface area contributed by atoms with Gasteiger partial charge in [-0.25, -0.2) is 4.39 Å². The van der Waals surface area contributed by atoms with Gasteiger partial charge in [-0.2, -0.15) is 0 Å². The van der Waals surface area contributed by atoms with Gasteiger partial charge in [0.15, 0.2) is 0 Å². The number of halogens is 1. The summed E-state index contributed by atoms with van der Waals surface area (Å²) in [4.78, 5) is 11.9. The molecule has 1 amide bonds. The third-order valence-corrected chi connectivity index (χ3v) is 2.82. The van der Waals surface area contributed by atoms with Crippen molar-refractivity contribution in [2.45, 2.75) is 13.5 Å². The normalized spacial score (nSPS) is 10.2. The molecule has 98 valence electrons. The summed E-state index contributed by atoms with van der Waals surface area (Å²) in [6, 6.07) is 10.6. The number of hydrogen-bond acceptors (Lipinski definition) is 2. The lowest BCUT2D eigenvalue weighted by Crippen LogP contribution is -2.23. The fraction of sp³-hybridized carbons (Fsp3) is 0.133. The number of carbonyl (C=O) groups excluding carboxylic acids is 1. The lowest BCUT2D eigenvalue weighted by Gasteiger charge is -2.08. The highest BCUT2D eigenvalue weighted by atomic mass is 19.1. The van der Waals surface area contributed by atoms with E-state index in [-0.39, 0.29) is 17.5 Å². The van der Waals surface area contributed by atoms with E-state index in [1.807, 2.05) is 0 Å². The molecular weight excluding hydrogens is 245 g/mol. The van der Waals surface area contributed by atoms with Gasteiger partial charge in [-0.15, -0.1) is 0 Å². The van der Waals surface area contributed by atoms with Crippen molar-refractivity contribution >= 4 is 5.91 Å². The largest absolute Gasteiger partial charge is 0.508 e. The molecule has 0 aromatic heterocycles. The minimum absolute atomic E-state index is 0.185. The van der Waals surface area contributed by atoms with Crippen LogP contribution in [-0.4, -0.2) is 11.0 Å². The molecule has 0 aliphatic rings. The van der Waals surface area contributed by atoms with Crippen molar-refractivity contribution in [3.05, 3.63) is 65.0 Å². The minimum atomic E-state index is -0.354. The molecule has 0 radical (unpaired) electrons. The minimum Gasteiger partial charge on any atom is -0.508 e. The number of hydrogen-bond donors (Lipinski definition) is 2. The van der Waals surface area contributed by atoms with Gasteiger partial charge in [0.05, 0.1) is 0 Å². The van der Waals surface area contributed by atoms with Crippen LogP contribution in [0.15, 0.2) is 42.5 Å². The van der Waals surface area contributed by atoms with Crippen molar-refractivity contribution in [3.63, 3.8) is 0 Å². The summed E-state index contributed by atoms with van der Waals surface area (Å²) >= 11 is 0. The summed E-state index contributed by atoms with van der Waals surface area (Å²) in [7, 11) is 0. The van der Waals surface area contributed by atoms with Gasteiger partial charge in [0.1, 0.15) is 11.6 Å². The second kappa shape index (κ2) is 5.52. The topological polar surface area (TPSA) is 49.3 Å². The number of phenols is 1. The number of aryl methyl sites for hydroxylation is 1. The summed E-state index contributed by atoms with van der Waals surface area (Å²) in [5.74, 6) is -0.414. The van der Waals surface area contributed by atoms with E-state index in [0.717, 1.165) is 5.56 Å². The van der Waals surface area contributed by atoms with Crippen molar-refractivity contribution in [2.24, 2.45) is 0 Å². The van der Waals surface area contributed by atoms with E-state index in [2.05, 4.69) is 5.32 Å². The molecule has 0 bridgehead atoms. The highest BCUT2D eigenvalue weighted by molar-refractivity contribution is 5.95. The van der Waals surface area contributed by atoms with Crippen LogP contribution in [-0.2, 0) is 6.54 Å². The fourth-order valence-electron chi connectivity index (χ4n) is 1.77. The van der Waals surface area contributed by atoms with Gasteiger partial charge < -0.3 is 10.4 Å². The zero-order valence-electron chi connectivity index (χ0n) is 10.5. The van der Waals surface area contributed by atoms with E-state index in [4.69, 9.17) is 5.11 Å². The van der Waals surface area contributed by atoms with Crippen molar-refractivity contribution in [1.82, 2.24) is 5.32 Å². The van der Waals surface area contributed by atoms with E-state index in [9.17, 15) is 9.18 Å². The molecule has 0 aliphatic carbocycles. The van der Waals surface area contributed by atoms with Gasteiger partial charge in [0.25, 0.3) is 5.91 Å². The first kappa shape index (κ1) is 13.1. The molecule has 0 aliphatic heterocycles. The van der Waals surface area contributed by atoms with E-state index in [0.29, 0.717) is 17.7 Å². The summed E-state index contributed by atoms with van der Waals surface area (Å²) in [6.07, 6.45) is 0. The molecule has 0 atom stereocenters. The Morgan fingerprint density at radius 1 is 1.21 bits per heavy atom. The van der Waals surface area contributed by atoms with Gasteiger partial charge in [-0.1, -0.05) is 12.1 Å². The summed E-state index contributed by atoms with van der Waals surface area (Å²) in [6.45, 7) is 2.05. The molecule has 0 heterocycles. The van der Waals surface area contributed by atoms with Crippen LogP contribution in [0.4, 0.5) is 4.39 Å². The van der Waals surface area contributed by atoms with E-state index in [1.165, 1.54) is 18.2 Å². The highest BCUT2D eigenvalue weighted by Gasteiger charge is 2.09. The first-order valence-electron chi connectivity index (χ1n) is 5.88. The zero-order chi connectivity index (χ0) is 13.8. The molecule has 2 aromatic carbocycles. The van der Waals surface area contributed by atoms with Crippen LogP contribution in [0.3, 0.4) is 0 Å². The Labute approximate surface area is 110 Å². The van der Waals surface area contributed by atoms with Gasteiger partial charge in [0.2, 0.25) is 0 Å². The van der Waals surface area contributed by atoms with Gasteiger partial charge in [-0.3, -0.25) is 4.79 Å². The van der Waals surface area contributed by atoms with Crippen LogP contribution in [0.2, 0.25) is 0 Å².